The zero-order chi connectivity index (χ0) is 7.72. The minimum absolute atomic E-state index is 0. The van der Waals surface area contributed by atoms with Gasteiger partial charge in [0, 0.05) is 0 Å². The van der Waals surface area contributed by atoms with E-state index in [4.69, 9.17) is 12.6 Å². The van der Waals surface area contributed by atoms with Gasteiger partial charge in [-0.1, -0.05) is 28.8 Å². The van der Waals surface area contributed by atoms with E-state index in [0.29, 0.717) is 0 Å². The third-order valence-electron chi connectivity index (χ3n) is 1.60. The Labute approximate surface area is 89.3 Å². The molecule has 0 saturated heterocycles. The first-order chi connectivity index (χ1) is 4.61. The zero-order valence-corrected chi connectivity index (χ0v) is 9.16. The Bertz CT molecular complexity index is 233. The minimum atomic E-state index is 0. The van der Waals surface area contributed by atoms with Crippen LogP contribution in [-0.2, 0) is 35.0 Å². The van der Waals surface area contributed by atoms with Crippen LogP contribution in [-0.4, -0.2) is 0 Å². The van der Waals surface area contributed by atoms with E-state index in [2.05, 4.69) is 32.9 Å². The molecule has 0 atom stereocenters. The molecule has 0 aromatic heterocycles. The number of rotatable bonds is 0. The van der Waals surface area contributed by atoms with Crippen molar-refractivity contribution in [3.63, 3.8) is 0 Å². The van der Waals surface area contributed by atoms with E-state index >= 15 is 0 Å². The Hall–Kier alpha value is 0.180. The molecule has 1 rings (SSSR count). The van der Waals surface area contributed by atoms with Crippen molar-refractivity contribution in [1.82, 2.24) is 0 Å². The first-order valence-corrected chi connectivity index (χ1v) is 3.77. The monoisotopic (exact) mass is 258 g/mol. The summed E-state index contributed by atoms with van der Waals surface area (Å²) >= 11 is 5.15. The summed E-state index contributed by atoms with van der Waals surface area (Å²) < 4.78 is 0. The van der Waals surface area contributed by atoms with Crippen LogP contribution in [0.2, 0.25) is 0 Å². The summed E-state index contributed by atoms with van der Waals surface area (Å²) in [7, 11) is 0. The van der Waals surface area contributed by atoms with Gasteiger partial charge >= 0.3 is 22.4 Å². The van der Waals surface area contributed by atoms with Crippen LogP contribution in [0.5, 0.6) is 0 Å². The number of aryl methyl sites for hydroxylation is 3. The molecular weight excluding hydrogens is 248 g/mol. The number of benzene rings is 1. The summed E-state index contributed by atoms with van der Waals surface area (Å²) in [5.41, 5.74) is 3.73. The normalized spacial score (nSPS) is 9.00. The van der Waals surface area contributed by atoms with Crippen molar-refractivity contribution in [3.05, 3.63) is 28.8 Å². The molecule has 0 saturated carbocycles. The third kappa shape index (κ3) is 2.60. The van der Waals surface area contributed by atoms with E-state index < -0.39 is 0 Å². The summed E-state index contributed by atoms with van der Waals surface area (Å²) in [6, 6.07) is 4.24. The minimum Gasteiger partial charge on any atom is -0.779 e. The van der Waals surface area contributed by atoms with Crippen LogP contribution < -0.4 is 0 Å². The SMILES string of the molecule is Cc1cc(C)c([S-])c(C)c1.[Ag+]. The topological polar surface area (TPSA) is 0 Å². The van der Waals surface area contributed by atoms with Gasteiger partial charge in [-0.05, 0) is 20.8 Å². The Balaban J connectivity index is 0.000001000. The van der Waals surface area contributed by atoms with Crippen molar-refractivity contribution in [2.24, 2.45) is 0 Å². The molecule has 0 fully saturated rings. The number of hydrogen-bond donors (Lipinski definition) is 0. The molecule has 0 radical (unpaired) electrons. The Morgan fingerprint density at radius 3 is 1.73 bits per heavy atom. The van der Waals surface area contributed by atoms with Crippen molar-refractivity contribution in [3.8, 4) is 0 Å². The van der Waals surface area contributed by atoms with E-state index in [9.17, 15) is 0 Å². The van der Waals surface area contributed by atoms with Gasteiger partial charge in [0.2, 0.25) is 0 Å². The zero-order valence-electron chi connectivity index (χ0n) is 6.86. The molecule has 2 heteroatoms. The third-order valence-corrected chi connectivity index (χ3v) is 2.25. The predicted octanol–water partition coefficient (Wildman–Crippen LogP) is 2.52. The Morgan fingerprint density at radius 2 is 1.36 bits per heavy atom. The molecule has 0 aliphatic carbocycles. The van der Waals surface area contributed by atoms with Gasteiger partial charge in [-0.15, -0.1) is 0 Å². The van der Waals surface area contributed by atoms with Crippen LogP contribution in [0.15, 0.2) is 17.0 Å². The average molecular weight is 259 g/mol. The molecular formula is C9H11AgS. The number of hydrogen-bond acceptors (Lipinski definition) is 1. The molecule has 0 bridgehead atoms. The molecule has 0 unspecified atom stereocenters. The summed E-state index contributed by atoms with van der Waals surface area (Å²) in [6.07, 6.45) is 0. The summed E-state index contributed by atoms with van der Waals surface area (Å²) in [4.78, 5) is 1.01. The van der Waals surface area contributed by atoms with Crippen LogP contribution in [0.1, 0.15) is 16.7 Å². The first kappa shape index (κ1) is 11.2. The summed E-state index contributed by atoms with van der Waals surface area (Å²) in [6.45, 7) is 6.21. The van der Waals surface area contributed by atoms with Crippen LogP contribution in [0, 0.1) is 20.8 Å². The van der Waals surface area contributed by atoms with E-state index in [1.165, 1.54) is 16.7 Å². The van der Waals surface area contributed by atoms with Crippen LogP contribution in [0.25, 0.3) is 0 Å². The molecule has 0 nitrogen and oxygen atoms in total. The van der Waals surface area contributed by atoms with Crippen molar-refractivity contribution < 1.29 is 22.4 Å². The maximum absolute atomic E-state index is 5.15. The summed E-state index contributed by atoms with van der Waals surface area (Å²) in [5, 5.41) is 0. The van der Waals surface area contributed by atoms with Gasteiger partial charge in [-0.3, -0.25) is 0 Å². The largest absolute Gasteiger partial charge is 1.00 e. The molecule has 1 aromatic carbocycles. The first-order valence-electron chi connectivity index (χ1n) is 3.36. The molecule has 0 heterocycles. The predicted molar refractivity (Wildman–Crippen MR) is 46.3 cm³/mol. The van der Waals surface area contributed by atoms with Crippen LogP contribution in [0.4, 0.5) is 0 Å². The quantitative estimate of drug-likeness (QED) is 0.509. The van der Waals surface area contributed by atoms with Crippen LogP contribution in [0.3, 0.4) is 0 Å². The fraction of sp³-hybridized carbons (Fsp3) is 0.333. The molecule has 0 amide bonds. The smallest absolute Gasteiger partial charge is 0.779 e. The van der Waals surface area contributed by atoms with Crippen molar-refractivity contribution in [1.29, 1.82) is 0 Å². The van der Waals surface area contributed by atoms with Gasteiger partial charge in [0.05, 0.1) is 0 Å². The molecule has 11 heavy (non-hydrogen) atoms. The van der Waals surface area contributed by atoms with Gasteiger partial charge in [0.25, 0.3) is 0 Å². The van der Waals surface area contributed by atoms with E-state index in [1.54, 1.807) is 0 Å². The molecule has 0 N–H and O–H groups in total. The van der Waals surface area contributed by atoms with Crippen molar-refractivity contribution >= 4 is 12.6 Å². The van der Waals surface area contributed by atoms with Gasteiger partial charge in [-0.25, -0.2) is 0 Å². The second-order valence-corrected chi connectivity index (χ2v) is 3.14. The van der Waals surface area contributed by atoms with Crippen molar-refractivity contribution in [2.75, 3.05) is 0 Å². The Kier molecular flexibility index (Phi) is 4.34. The Morgan fingerprint density at radius 1 is 1.00 bits per heavy atom. The van der Waals surface area contributed by atoms with Crippen molar-refractivity contribution in [2.45, 2.75) is 25.7 Å². The second-order valence-electron chi connectivity index (χ2n) is 2.73. The maximum atomic E-state index is 5.15. The van der Waals surface area contributed by atoms with Gasteiger partial charge < -0.3 is 12.6 Å². The van der Waals surface area contributed by atoms with E-state index in [-0.39, 0.29) is 22.4 Å². The molecule has 0 aliphatic heterocycles. The van der Waals surface area contributed by atoms with E-state index in [1.807, 2.05) is 0 Å². The molecule has 0 spiro atoms. The standard InChI is InChI=1S/C9H12S.Ag/c1-6-4-7(2)9(10)8(3)5-6;/h4-5,10H,1-3H3;/q;+1/p-1. The molecule has 64 valence electrons. The molecule has 0 aliphatic rings. The average Bonchev–Trinajstić information content (AvgIpc) is 1.82. The molecule has 1 aromatic rings. The fourth-order valence-electron chi connectivity index (χ4n) is 1.17. The maximum Gasteiger partial charge on any atom is 1.00 e. The fourth-order valence-corrected chi connectivity index (χ4v) is 1.28. The van der Waals surface area contributed by atoms with Gasteiger partial charge in [0.1, 0.15) is 0 Å². The van der Waals surface area contributed by atoms with Gasteiger partial charge in [0.15, 0.2) is 0 Å². The second kappa shape index (κ2) is 4.27. The van der Waals surface area contributed by atoms with Crippen LogP contribution >= 0.6 is 0 Å². The van der Waals surface area contributed by atoms with E-state index in [0.717, 1.165) is 4.90 Å². The summed E-state index contributed by atoms with van der Waals surface area (Å²) in [5.74, 6) is 0. The van der Waals surface area contributed by atoms with Gasteiger partial charge in [-0.2, -0.15) is 4.90 Å².